The minimum atomic E-state index is -0.705. The van der Waals surface area contributed by atoms with Gasteiger partial charge in [0.05, 0.1) is 20.3 Å². The Morgan fingerprint density at radius 1 is 1.08 bits per heavy atom. The zero-order valence-electron chi connectivity index (χ0n) is 14.2. The SMILES string of the molecule is CC[C@@H](NC(=S)Nc1c(F)cccc1F)c1ccc(OC)c(OC)c1. The predicted molar refractivity (Wildman–Crippen MR) is 98.3 cm³/mol. The molecule has 0 fully saturated rings. The van der Waals surface area contributed by atoms with Crippen LogP contribution >= 0.6 is 12.2 Å². The molecule has 2 N–H and O–H groups in total. The Bertz CT molecular complexity index is 736. The quantitative estimate of drug-likeness (QED) is 0.741. The van der Waals surface area contributed by atoms with Crippen LogP contribution in [0.2, 0.25) is 0 Å². The first-order valence-corrected chi connectivity index (χ1v) is 8.14. The molecule has 0 saturated carbocycles. The molecule has 0 aromatic heterocycles. The second-order valence-electron chi connectivity index (χ2n) is 5.27. The van der Waals surface area contributed by atoms with Gasteiger partial charge >= 0.3 is 0 Å². The lowest BCUT2D eigenvalue weighted by Gasteiger charge is -2.21. The molecule has 2 rings (SSSR count). The van der Waals surface area contributed by atoms with Crippen molar-refractivity contribution in [1.29, 1.82) is 0 Å². The molecular formula is C18H20F2N2O2S. The minimum Gasteiger partial charge on any atom is -0.493 e. The lowest BCUT2D eigenvalue weighted by atomic mass is 10.0. The highest BCUT2D eigenvalue weighted by atomic mass is 32.1. The van der Waals surface area contributed by atoms with Crippen molar-refractivity contribution in [2.45, 2.75) is 19.4 Å². The predicted octanol–water partition coefficient (Wildman–Crippen LogP) is 4.42. The number of methoxy groups -OCH3 is 2. The molecule has 0 saturated heterocycles. The fourth-order valence-corrected chi connectivity index (χ4v) is 2.66. The molecule has 1 atom stereocenters. The van der Waals surface area contributed by atoms with Crippen molar-refractivity contribution in [3.63, 3.8) is 0 Å². The van der Waals surface area contributed by atoms with Gasteiger partial charge in [0.2, 0.25) is 0 Å². The van der Waals surface area contributed by atoms with E-state index in [0.717, 1.165) is 5.56 Å². The Morgan fingerprint density at radius 2 is 1.72 bits per heavy atom. The molecule has 2 aromatic carbocycles. The van der Waals surface area contributed by atoms with Crippen LogP contribution in [-0.4, -0.2) is 19.3 Å². The second kappa shape index (κ2) is 8.62. The number of hydrogen-bond donors (Lipinski definition) is 2. The number of thiocarbonyl (C=S) groups is 1. The summed E-state index contributed by atoms with van der Waals surface area (Å²) >= 11 is 5.20. The van der Waals surface area contributed by atoms with E-state index in [2.05, 4.69) is 10.6 Å². The van der Waals surface area contributed by atoms with Gasteiger partial charge in [0.1, 0.15) is 17.3 Å². The highest BCUT2D eigenvalue weighted by Crippen LogP contribution is 2.31. The topological polar surface area (TPSA) is 42.5 Å². The van der Waals surface area contributed by atoms with Gasteiger partial charge in [-0.1, -0.05) is 19.1 Å². The highest BCUT2D eigenvalue weighted by molar-refractivity contribution is 7.80. The molecule has 0 radical (unpaired) electrons. The van der Waals surface area contributed by atoms with Crippen LogP contribution in [-0.2, 0) is 0 Å². The summed E-state index contributed by atoms with van der Waals surface area (Å²) in [4.78, 5) is 0. The van der Waals surface area contributed by atoms with Crippen molar-refractivity contribution in [3.8, 4) is 11.5 Å². The molecule has 2 aromatic rings. The van der Waals surface area contributed by atoms with Gasteiger partial charge in [-0.15, -0.1) is 0 Å². The van der Waals surface area contributed by atoms with Gasteiger partial charge in [0.25, 0.3) is 0 Å². The minimum absolute atomic E-state index is 0.130. The average molecular weight is 366 g/mol. The average Bonchev–Trinajstić information content (AvgIpc) is 2.62. The number of hydrogen-bond acceptors (Lipinski definition) is 3. The summed E-state index contributed by atoms with van der Waals surface area (Å²) in [5.41, 5.74) is 0.639. The van der Waals surface area contributed by atoms with E-state index in [1.165, 1.54) is 18.2 Å². The maximum Gasteiger partial charge on any atom is 0.171 e. The van der Waals surface area contributed by atoms with Crippen LogP contribution < -0.4 is 20.1 Å². The van der Waals surface area contributed by atoms with Crippen LogP contribution in [0.3, 0.4) is 0 Å². The molecule has 0 bridgehead atoms. The van der Waals surface area contributed by atoms with Crippen molar-refractivity contribution in [3.05, 3.63) is 53.6 Å². The van der Waals surface area contributed by atoms with E-state index < -0.39 is 11.6 Å². The molecule has 0 aliphatic carbocycles. The number of para-hydroxylation sites is 1. The fraction of sp³-hybridized carbons (Fsp3) is 0.278. The second-order valence-corrected chi connectivity index (χ2v) is 5.68. The summed E-state index contributed by atoms with van der Waals surface area (Å²) in [6.45, 7) is 1.97. The summed E-state index contributed by atoms with van der Waals surface area (Å²) < 4.78 is 38.0. The zero-order chi connectivity index (χ0) is 18.4. The molecule has 4 nitrogen and oxygen atoms in total. The number of anilines is 1. The summed E-state index contributed by atoms with van der Waals surface area (Å²) in [6.07, 6.45) is 0.705. The fourth-order valence-electron chi connectivity index (χ4n) is 2.42. The number of nitrogens with one attached hydrogen (secondary N) is 2. The molecule has 0 aliphatic rings. The smallest absolute Gasteiger partial charge is 0.171 e. The summed E-state index contributed by atoms with van der Waals surface area (Å²) in [5.74, 6) is -0.193. The van der Waals surface area contributed by atoms with Crippen molar-refractivity contribution in [1.82, 2.24) is 5.32 Å². The molecule has 0 unspecified atom stereocenters. The molecule has 25 heavy (non-hydrogen) atoms. The van der Waals surface area contributed by atoms with E-state index in [-0.39, 0.29) is 16.8 Å². The number of rotatable bonds is 6. The normalized spacial score (nSPS) is 11.6. The Balaban J connectivity index is 2.15. The Morgan fingerprint density at radius 3 is 2.28 bits per heavy atom. The number of benzene rings is 2. The first-order chi connectivity index (χ1) is 12.0. The third kappa shape index (κ3) is 4.57. The third-order valence-electron chi connectivity index (χ3n) is 3.72. The van der Waals surface area contributed by atoms with Crippen LogP contribution in [0.15, 0.2) is 36.4 Å². The number of ether oxygens (including phenoxy) is 2. The van der Waals surface area contributed by atoms with E-state index in [1.807, 2.05) is 19.1 Å². The van der Waals surface area contributed by atoms with Crippen LogP contribution in [0, 0.1) is 11.6 Å². The molecule has 7 heteroatoms. The van der Waals surface area contributed by atoms with Gasteiger partial charge in [0.15, 0.2) is 16.6 Å². The van der Waals surface area contributed by atoms with E-state index in [9.17, 15) is 8.78 Å². The van der Waals surface area contributed by atoms with Gasteiger partial charge in [0, 0.05) is 0 Å². The van der Waals surface area contributed by atoms with Crippen LogP contribution in [0.25, 0.3) is 0 Å². The van der Waals surface area contributed by atoms with Crippen LogP contribution in [0.1, 0.15) is 24.9 Å². The molecule has 0 amide bonds. The summed E-state index contributed by atoms with van der Waals surface area (Å²) in [5, 5.41) is 5.77. The van der Waals surface area contributed by atoms with E-state index in [0.29, 0.717) is 17.9 Å². The maximum absolute atomic E-state index is 13.7. The van der Waals surface area contributed by atoms with Crippen molar-refractivity contribution in [2.75, 3.05) is 19.5 Å². The van der Waals surface area contributed by atoms with Gasteiger partial charge in [-0.3, -0.25) is 0 Å². The van der Waals surface area contributed by atoms with Crippen molar-refractivity contribution >= 4 is 23.0 Å². The molecule has 0 aliphatic heterocycles. The molecule has 0 heterocycles. The lowest BCUT2D eigenvalue weighted by molar-refractivity contribution is 0.354. The van der Waals surface area contributed by atoms with E-state index >= 15 is 0 Å². The largest absolute Gasteiger partial charge is 0.493 e. The van der Waals surface area contributed by atoms with Gasteiger partial charge < -0.3 is 20.1 Å². The van der Waals surface area contributed by atoms with Gasteiger partial charge in [-0.05, 0) is 48.5 Å². The lowest BCUT2D eigenvalue weighted by Crippen LogP contribution is -2.32. The highest BCUT2D eigenvalue weighted by Gasteiger charge is 2.16. The molecule has 134 valence electrons. The molecular weight excluding hydrogens is 346 g/mol. The number of halogens is 2. The van der Waals surface area contributed by atoms with Crippen molar-refractivity contribution < 1.29 is 18.3 Å². The Kier molecular flexibility index (Phi) is 6.52. The van der Waals surface area contributed by atoms with Crippen LogP contribution in [0.5, 0.6) is 11.5 Å². The third-order valence-corrected chi connectivity index (χ3v) is 3.94. The van der Waals surface area contributed by atoms with Gasteiger partial charge in [-0.2, -0.15) is 0 Å². The standard InChI is InChI=1S/C18H20F2N2O2S/c1-4-14(11-8-9-15(23-2)16(10-11)24-3)21-18(25)22-17-12(19)6-5-7-13(17)20/h5-10,14H,4H2,1-3H3,(H2,21,22,25)/t14-/m1/s1. The van der Waals surface area contributed by atoms with E-state index in [4.69, 9.17) is 21.7 Å². The van der Waals surface area contributed by atoms with Gasteiger partial charge in [-0.25, -0.2) is 8.78 Å². The first-order valence-electron chi connectivity index (χ1n) is 7.73. The molecule has 0 spiro atoms. The zero-order valence-corrected chi connectivity index (χ0v) is 15.0. The van der Waals surface area contributed by atoms with Crippen LogP contribution in [0.4, 0.5) is 14.5 Å². The van der Waals surface area contributed by atoms with E-state index in [1.54, 1.807) is 20.3 Å². The maximum atomic E-state index is 13.7. The first kappa shape index (κ1) is 18.9. The Labute approximate surface area is 151 Å². The van der Waals surface area contributed by atoms with Crippen molar-refractivity contribution in [2.24, 2.45) is 0 Å². The summed E-state index contributed by atoms with van der Waals surface area (Å²) in [6, 6.07) is 8.99. The summed E-state index contributed by atoms with van der Waals surface area (Å²) in [7, 11) is 3.12. The monoisotopic (exact) mass is 366 g/mol. The Hall–Kier alpha value is -2.41.